The van der Waals surface area contributed by atoms with E-state index in [-0.39, 0.29) is 0 Å². The van der Waals surface area contributed by atoms with Crippen LogP contribution in [0, 0.1) is 0 Å². The van der Waals surface area contributed by atoms with Crippen LogP contribution in [0.4, 0.5) is 5.69 Å². The maximum Gasteiger partial charge on any atom is 0.282 e. The third-order valence-corrected chi connectivity index (χ3v) is 5.39. The average molecular weight is 424 g/mol. The first-order chi connectivity index (χ1) is 15.1. The average Bonchev–Trinajstić information content (AvgIpc) is 3.08. The van der Waals surface area contributed by atoms with Gasteiger partial charge in [-0.1, -0.05) is 18.2 Å². The highest BCUT2D eigenvalue weighted by Crippen LogP contribution is 2.41. The van der Waals surface area contributed by atoms with Gasteiger partial charge in [0.2, 0.25) is 0 Å². The van der Waals surface area contributed by atoms with Crippen LogP contribution in [0.1, 0.15) is 5.56 Å². The molecule has 0 saturated carbocycles. The van der Waals surface area contributed by atoms with Crippen LogP contribution in [0.3, 0.4) is 0 Å². The summed E-state index contributed by atoms with van der Waals surface area (Å²) in [6, 6.07) is 12.2. The zero-order chi connectivity index (χ0) is 22.0. The number of methoxy groups -OCH3 is 3. The highest BCUT2D eigenvalue weighted by Gasteiger charge is 2.44. The number of carbonyl (C=O) groups excluding carboxylic acids is 2. The van der Waals surface area contributed by atoms with Gasteiger partial charge < -0.3 is 23.8 Å². The van der Waals surface area contributed by atoms with Crippen molar-refractivity contribution in [2.75, 3.05) is 52.5 Å². The molecule has 0 spiro atoms. The minimum absolute atomic E-state index is 0.308. The van der Waals surface area contributed by atoms with Gasteiger partial charge >= 0.3 is 0 Å². The first-order valence-electron chi connectivity index (χ1n) is 9.91. The Balaban J connectivity index is 1.87. The number of morpholine rings is 1. The van der Waals surface area contributed by atoms with Gasteiger partial charge in [0, 0.05) is 24.7 Å². The SMILES string of the molecule is COc1ccc(N2C(=O)C(c3ccccc3OC)=C(N3CCOCC3)C2=O)c(OC)c1. The first-order valence-corrected chi connectivity index (χ1v) is 9.91. The van der Waals surface area contributed by atoms with Crippen LogP contribution in [-0.2, 0) is 14.3 Å². The van der Waals surface area contributed by atoms with Crippen LogP contribution in [0.25, 0.3) is 5.57 Å². The first kappa shape index (κ1) is 20.7. The van der Waals surface area contributed by atoms with E-state index in [0.29, 0.717) is 66.1 Å². The lowest BCUT2D eigenvalue weighted by Crippen LogP contribution is -2.40. The van der Waals surface area contributed by atoms with Crippen molar-refractivity contribution < 1.29 is 28.5 Å². The highest BCUT2D eigenvalue weighted by atomic mass is 16.5. The van der Waals surface area contributed by atoms with E-state index in [1.807, 2.05) is 17.0 Å². The molecule has 0 aromatic heterocycles. The lowest BCUT2D eigenvalue weighted by atomic mass is 10.0. The molecule has 2 aliphatic heterocycles. The second-order valence-corrected chi connectivity index (χ2v) is 7.01. The minimum Gasteiger partial charge on any atom is -0.497 e. The molecule has 2 aliphatic rings. The Morgan fingerprint density at radius 2 is 1.55 bits per heavy atom. The van der Waals surface area contributed by atoms with Crippen LogP contribution in [-0.4, -0.2) is 64.3 Å². The smallest absolute Gasteiger partial charge is 0.282 e. The number of amides is 2. The number of anilines is 1. The summed E-state index contributed by atoms with van der Waals surface area (Å²) in [5.41, 5.74) is 1.58. The van der Waals surface area contributed by atoms with E-state index in [0.717, 1.165) is 4.90 Å². The van der Waals surface area contributed by atoms with Crippen molar-refractivity contribution in [1.29, 1.82) is 0 Å². The number of imide groups is 1. The van der Waals surface area contributed by atoms with Crippen molar-refractivity contribution in [3.8, 4) is 17.2 Å². The van der Waals surface area contributed by atoms with Crippen molar-refractivity contribution in [2.45, 2.75) is 0 Å². The summed E-state index contributed by atoms with van der Waals surface area (Å²) in [7, 11) is 4.57. The molecule has 162 valence electrons. The van der Waals surface area contributed by atoms with Crippen LogP contribution < -0.4 is 19.1 Å². The summed E-state index contributed by atoms with van der Waals surface area (Å²) in [5, 5.41) is 0. The number of nitrogens with zero attached hydrogens (tertiary/aromatic N) is 2. The summed E-state index contributed by atoms with van der Waals surface area (Å²) < 4.78 is 21.6. The quantitative estimate of drug-likeness (QED) is 0.659. The molecule has 8 heteroatoms. The van der Waals surface area contributed by atoms with E-state index in [1.54, 1.807) is 44.6 Å². The lowest BCUT2D eigenvalue weighted by Gasteiger charge is -2.29. The number of para-hydroxylation sites is 1. The van der Waals surface area contributed by atoms with Gasteiger partial charge in [0.05, 0.1) is 45.8 Å². The van der Waals surface area contributed by atoms with Gasteiger partial charge in [-0.2, -0.15) is 0 Å². The van der Waals surface area contributed by atoms with E-state index in [9.17, 15) is 9.59 Å². The second-order valence-electron chi connectivity index (χ2n) is 7.01. The van der Waals surface area contributed by atoms with Crippen LogP contribution >= 0.6 is 0 Å². The Labute approximate surface area is 180 Å². The third-order valence-electron chi connectivity index (χ3n) is 5.39. The van der Waals surface area contributed by atoms with Gasteiger partial charge in [-0.05, 0) is 18.2 Å². The summed E-state index contributed by atoms with van der Waals surface area (Å²) >= 11 is 0. The zero-order valence-electron chi connectivity index (χ0n) is 17.7. The molecule has 0 atom stereocenters. The van der Waals surface area contributed by atoms with Crippen molar-refractivity contribution >= 4 is 23.1 Å². The van der Waals surface area contributed by atoms with Crippen LogP contribution in [0.2, 0.25) is 0 Å². The number of hydrogen-bond donors (Lipinski definition) is 0. The number of carbonyl (C=O) groups is 2. The van der Waals surface area contributed by atoms with E-state index in [4.69, 9.17) is 18.9 Å². The summed E-state index contributed by atoms with van der Waals surface area (Å²) in [6.07, 6.45) is 0. The van der Waals surface area contributed by atoms with E-state index in [2.05, 4.69) is 0 Å². The van der Waals surface area contributed by atoms with Gasteiger partial charge in [-0.3, -0.25) is 9.59 Å². The molecule has 0 N–H and O–H groups in total. The molecule has 1 fully saturated rings. The molecule has 2 heterocycles. The molecule has 0 radical (unpaired) electrons. The zero-order valence-corrected chi connectivity index (χ0v) is 17.7. The molecule has 0 bridgehead atoms. The fraction of sp³-hybridized carbons (Fsp3) is 0.304. The number of rotatable bonds is 6. The Hall–Kier alpha value is -3.52. The van der Waals surface area contributed by atoms with E-state index < -0.39 is 11.8 Å². The molecule has 0 aliphatic carbocycles. The summed E-state index contributed by atoms with van der Waals surface area (Å²) in [4.78, 5) is 30.4. The van der Waals surface area contributed by atoms with Crippen molar-refractivity contribution in [1.82, 2.24) is 4.90 Å². The van der Waals surface area contributed by atoms with Crippen molar-refractivity contribution in [3.05, 3.63) is 53.7 Å². The number of ether oxygens (including phenoxy) is 4. The van der Waals surface area contributed by atoms with Gasteiger partial charge in [-0.15, -0.1) is 0 Å². The second kappa shape index (κ2) is 8.69. The Kier molecular flexibility index (Phi) is 5.81. The maximum absolute atomic E-state index is 13.7. The van der Waals surface area contributed by atoms with E-state index >= 15 is 0 Å². The third kappa shape index (κ3) is 3.59. The minimum atomic E-state index is -0.431. The molecular weight excluding hydrogens is 400 g/mol. The Morgan fingerprint density at radius 3 is 2.23 bits per heavy atom. The monoisotopic (exact) mass is 424 g/mol. The van der Waals surface area contributed by atoms with Crippen LogP contribution in [0.15, 0.2) is 48.2 Å². The van der Waals surface area contributed by atoms with Crippen molar-refractivity contribution in [2.24, 2.45) is 0 Å². The van der Waals surface area contributed by atoms with Crippen molar-refractivity contribution in [3.63, 3.8) is 0 Å². The molecular formula is C23H24N2O6. The van der Waals surface area contributed by atoms with Crippen LogP contribution in [0.5, 0.6) is 17.2 Å². The number of benzene rings is 2. The topological polar surface area (TPSA) is 77.5 Å². The van der Waals surface area contributed by atoms with Gasteiger partial charge in [0.1, 0.15) is 22.9 Å². The Morgan fingerprint density at radius 1 is 0.839 bits per heavy atom. The maximum atomic E-state index is 13.7. The predicted octanol–water partition coefficient (Wildman–Crippen LogP) is 2.33. The lowest BCUT2D eigenvalue weighted by molar-refractivity contribution is -0.121. The fourth-order valence-corrected chi connectivity index (χ4v) is 3.88. The molecule has 0 unspecified atom stereocenters. The van der Waals surface area contributed by atoms with Gasteiger partial charge in [0.15, 0.2) is 0 Å². The largest absolute Gasteiger partial charge is 0.497 e. The van der Waals surface area contributed by atoms with Gasteiger partial charge in [-0.25, -0.2) is 4.90 Å². The molecule has 4 rings (SSSR count). The number of hydrogen-bond acceptors (Lipinski definition) is 7. The molecule has 2 aromatic rings. The predicted molar refractivity (Wildman–Crippen MR) is 114 cm³/mol. The molecule has 8 nitrogen and oxygen atoms in total. The molecule has 2 aromatic carbocycles. The molecule has 2 amide bonds. The molecule has 1 saturated heterocycles. The fourth-order valence-electron chi connectivity index (χ4n) is 3.88. The highest BCUT2D eigenvalue weighted by molar-refractivity contribution is 6.46. The van der Waals surface area contributed by atoms with E-state index in [1.165, 1.54) is 7.11 Å². The standard InChI is InChI=1S/C23H24N2O6/c1-28-15-8-9-17(19(14-15)30-3)25-22(26)20(16-6-4-5-7-18(16)29-2)21(23(25)27)24-10-12-31-13-11-24/h4-9,14H,10-13H2,1-3H3. The Bertz CT molecular complexity index is 1040. The van der Waals surface area contributed by atoms with Gasteiger partial charge in [0.25, 0.3) is 11.8 Å². The summed E-state index contributed by atoms with van der Waals surface area (Å²) in [6.45, 7) is 1.99. The normalized spacial score (nSPS) is 16.7. The molecule has 31 heavy (non-hydrogen) atoms. The summed E-state index contributed by atoms with van der Waals surface area (Å²) in [5.74, 6) is 0.610.